The van der Waals surface area contributed by atoms with E-state index in [4.69, 9.17) is 0 Å². The molecule has 1 aliphatic heterocycles. The zero-order chi connectivity index (χ0) is 15.3. The van der Waals surface area contributed by atoms with Gasteiger partial charge in [-0.15, -0.1) is 0 Å². The quantitative estimate of drug-likeness (QED) is 0.814. The van der Waals surface area contributed by atoms with E-state index in [0.717, 1.165) is 37.2 Å². The predicted octanol–water partition coefficient (Wildman–Crippen LogP) is 1.68. The summed E-state index contributed by atoms with van der Waals surface area (Å²) in [7, 11) is 0. The lowest BCUT2D eigenvalue weighted by atomic mass is 10.0. The minimum atomic E-state index is -0.197. The molecular weight excluding hydrogens is 268 g/mol. The number of aryl methyl sites for hydroxylation is 1. The summed E-state index contributed by atoms with van der Waals surface area (Å²) < 4.78 is 0. The lowest BCUT2D eigenvalue weighted by Gasteiger charge is -2.18. The van der Waals surface area contributed by atoms with Crippen LogP contribution >= 0.6 is 0 Å². The van der Waals surface area contributed by atoms with E-state index in [1.165, 1.54) is 6.92 Å². The zero-order valence-electron chi connectivity index (χ0n) is 12.8. The number of amides is 1. The maximum atomic E-state index is 12.8. The molecule has 3 rings (SSSR count). The van der Waals surface area contributed by atoms with Crippen LogP contribution in [0.4, 0.5) is 0 Å². The van der Waals surface area contributed by atoms with Crippen LogP contribution in [0.25, 0.3) is 0 Å². The number of carbonyl (C=O) groups is 2. The third-order valence-corrected chi connectivity index (χ3v) is 5.02. The van der Waals surface area contributed by atoms with Crippen LogP contribution in [-0.4, -0.2) is 45.9 Å². The van der Waals surface area contributed by atoms with E-state index >= 15 is 0 Å². The van der Waals surface area contributed by atoms with Crippen molar-refractivity contribution in [1.29, 1.82) is 0 Å². The molecule has 1 unspecified atom stereocenters. The molecule has 21 heavy (non-hydrogen) atoms. The zero-order valence-corrected chi connectivity index (χ0v) is 12.8. The topological polar surface area (TPSA) is 73.4 Å². The molecule has 2 N–H and O–H groups in total. The van der Waals surface area contributed by atoms with Gasteiger partial charge in [-0.2, -0.15) is 0 Å². The molecule has 2 heterocycles. The number of rotatable bonds is 2. The molecule has 0 spiro atoms. The van der Waals surface area contributed by atoms with E-state index in [-0.39, 0.29) is 17.8 Å². The Morgan fingerprint density at radius 3 is 2.24 bits per heavy atom. The molecule has 0 aromatic carbocycles. The Hall–Kier alpha value is -1.62. The Kier molecular flexibility index (Phi) is 3.40. The lowest BCUT2D eigenvalue weighted by Crippen LogP contribution is -2.31. The van der Waals surface area contributed by atoms with Crippen LogP contribution in [0.1, 0.15) is 51.9 Å². The molecule has 1 aliphatic carbocycles. The number of fused-ring (bicyclic) bond motifs is 1. The van der Waals surface area contributed by atoms with Gasteiger partial charge < -0.3 is 15.0 Å². The van der Waals surface area contributed by atoms with Crippen molar-refractivity contribution >= 4 is 11.7 Å². The minimum Gasteiger partial charge on any atom is -0.393 e. The second-order valence-corrected chi connectivity index (χ2v) is 6.54. The number of hydrogen-bond acceptors (Lipinski definition) is 3. The molecule has 1 amide bonds. The van der Waals surface area contributed by atoms with Crippen LogP contribution in [0.15, 0.2) is 0 Å². The van der Waals surface area contributed by atoms with E-state index in [0.29, 0.717) is 23.1 Å². The number of aromatic nitrogens is 1. The Labute approximate surface area is 124 Å². The number of hydrogen-bond donors (Lipinski definition) is 2. The number of nitrogens with zero attached hydrogens (tertiary/aromatic N) is 1. The predicted molar refractivity (Wildman–Crippen MR) is 78.4 cm³/mol. The first-order valence-electron chi connectivity index (χ1n) is 7.56. The summed E-state index contributed by atoms with van der Waals surface area (Å²) in [6, 6.07) is 0. The summed E-state index contributed by atoms with van der Waals surface area (Å²) >= 11 is 0. The summed E-state index contributed by atoms with van der Waals surface area (Å²) in [5, 5.41) is 9.68. The number of aliphatic hydroxyl groups excluding tert-OH is 1. The maximum Gasteiger partial charge on any atom is 0.255 e. The normalized spacial score (nSPS) is 28.0. The van der Waals surface area contributed by atoms with Crippen LogP contribution in [-0.2, 0) is 0 Å². The summed E-state index contributed by atoms with van der Waals surface area (Å²) in [5.41, 5.74) is 2.69. The standard InChI is InChI=1S/C16H22N2O3/c1-8-14(9(2)17-15(8)10(3)19)16(21)18-6-11-4-13(20)5-12(11)7-18/h11-13,17,20H,4-7H2,1-3H3/t11-,12+,13?. The first-order chi connectivity index (χ1) is 9.88. The third-order valence-electron chi connectivity index (χ3n) is 5.02. The van der Waals surface area contributed by atoms with Crippen LogP contribution in [0.5, 0.6) is 0 Å². The van der Waals surface area contributed by atoms with Gasteiger partial charge in [0.15, 0.2) is 5.78 Å². The monoisotopic (exact) mass is 290 g/mol. The minimum absolute atomic E-state index is 0.0117. The van der Waals surface area contributed by atoms with E-state index in [1.54, 1.807) is 0 Å². The lowest BCUT2D eigenvalue weighted by molar-refractivity contribution is 0.0764. The van der Waals surface area contributed by atoms with Gasteiger partial charge in [0.1, 0.15) is 0 Å². The Morgan fingerprint density at radius 2 is 1.76 bits per heavy atom. The van der Waals surface area contributed by atoms with Crippen molar-refractivity contribution in [3.8, 4) is 0 Å². The van der Waals surface area contributed by atoms with Crippen LogP contribution in [0, 0.1) is 25.7 Å². The number of Topliss-reactive ketones (excluding diaryl/α,β-unsaturated/α-hetero) is 1. The molecule has 1 saturated heterocycles. The van der Waals surface area contributed by atoms with Gasteiger partial charge in [-0.1, -0.05) is 0 Å². The molecule has 0 radical (unpaired) electrons. The average Bonchev–Trinajstić information content (AvgIpc) is 3.00. The van der Waals surface area contributed by atoms with Crippen molar-refractivity contribution in [2.24, 2.45) is 11.8 Å². The first kappa shape index (κ1) is 14.3. The third kappa shape index (κ3) is 2.29. The average molecular weight is 290 g/mol. The summed E-state index contributed by atoms with van der Waals surface area (Å²) in [6.07, 6.45) is 1.41. The number of aromatic amines is 1. The van der Waals surface area contributed by atoms with Crippen molar-refractivity contribution in [3.63, 3.8) is 0 Å². The molecule has 114 valence electrons. The summed E-state index contributed by atoms with van der Waals surface area (Å²) in [4.78, 5) is 29.3. The molecule has 1 aromatic rings. The Morgan fingerprint density at radius 1 is 1.19 bits per heavy atom. The van der Waals surface area contributed by atoms with Gasteiger partial charge in [-0.05, 0) is 44.1 Å². The van der Waals surface area contributed by atoms with Crippen molar-refractivity contribution in [2.45, 2.75) is 39.7 Å². The van der Waals surface area contributed by atoms with Crippen molar-refractivity contribution in [3.05, 3.63) is 22.5 Å². The molecule has 3 atom stereocenters. The first-order valence-corrected chi connectivity index (χ1v) is 7.56. The molecule has 5 heteroatoms. The smallest absolute Gasteiger partial charge is 0.255 e. The fraction of sp³-hybridized carbons (Fsp3) is 0.625. The fourth-order valence-electron chi connectivity index (χ4n) is 4.01. The van der Waals surface area contributed by atoms with Crippen molar-refractivity contribution in [1.82, 2.24) is 9.88 Å². The SMILES string of the molecule is CC(=O)c1[nH]c(C)c(C(=O)N2C[C@H]3CC(O)C[C@H]3C2)c1C. The van der Waals surface area contributed by atoms with E-state index in [1.807, 2.05) is 18.7 Å². The van der Waals surface area contributed by atoms with E-state index in [9.17, 15) is 14.7 Å². The molecular formula is C16H22N2O3. The van der Waals surface area contributed by atoms with Crippen LogP contribution in [0.3, 0.4) is 0 Å². The van der Waals surface area contributed by atoms with E-state index in [2.05, 4.69) is 4.98 Å². The molecule has 0 bridgehead atoms. The van der Waals surface area contributed by atoms with Gasteiger partial charge in [-0.25, -0.2) is 0 Å². The van der Waals surface area contributed by atoms with Gasteiger partial charge >= 0.3 is 0 Å². The Balaban J connectivity index is 1.83. The maximum absolute atomic E-state index is 12.8. The number of nitrogens with one attached hydrogen (secondary N) is 1. The highest BCUT2D eigenvalue weighted by Crippen LogP contribution is 2.38. The fourth-order valence-corrected chi connectivity index (χ4v) is 4.01. The number of ketones is 1. The number of H-pyrrole nitrogens is 1. The highest BCUT2D eigenvalue weighted by atomic mass is 16.3. The second kappa shape index (κ2) is 4.98. The van der Waals surface area contributed by atoms with Crippen LogP contribution < -0.4 is 0 Å². The van der Waals surface area contributed by atoms with Crippen molar-refractivity contribution in [2.75, 3.05) is 13.1 Å². The van der Waals surface area contributed by atoms with Crippen molar-refractivity contribution < 1.29 is 14.7 Å². The number of aliphatic hydroxyl groups is 1. The van der Waals surface area contributed by atoms with Crippen LogP contribution in [0.2, 0.25) is 0 Å². The van der Waals surface area contributed by atoms with Gasteiger partial charge in [0.2, 0.25) is 0 Å². The molecule has 2 fully saturated rings. The highest BCUT2D eigenvalue weighted by molar-refractivity contribution is 6.02. The van der Waals surface area contributed by atoms with Gasteiger partial charge in [0.25, 0.3) is 5.91 Å². The van der Waals surface area contributed by atoms with E-state index < -0.39 is 0 Å². The van der Waals surface area contributed by atoms with Gasteiger partial charge in [0, 0.05) is 25.7 Å². The second-order valence-electron chi connectivity index (χ2n) is 6.54. The summed E-state index contributed by atoms with van der Waals surface area (Å²) in [6.45, 7) is 6.62. The molecule has 1 aromatic heterocycles. The van der Waals surface area contributed by atoms with Gasteiger partial charge in [0.05, 0.1) is 17.4 Å². The summed E-state index contributed by atoms with van der Waals surface area (Å²) in [5.74, 6) is 0.820. The number of likely N-dealkylation sites (tertiary alicyclic amines) is 1. The highest BCUT2D eigenvalue weighted by Gasteiger charge is 2.42. The molecule has 2 aliphatic rings. The number of carbonyl (C=O) groups excluding carboxylic acids is 2. The van der Waals surface area contributed by atoms with Gasteiger partial charge in [-0.3, -0.25) is 9.59 Å². The largest absolute Gasteiger partial charge is 0.393 e. The molecule has 5 nitrogen and oxygen atoms in total. The Bertz CT molecular complexity index is 591. The molecule has 1 saturated carbocycles.